The van der Waals surface area contributed by atoms with Gasteiger partial charge in [0.2, 0.25) is 0 Å². The summed E-state index contributed by atoms with van der Waals surface area (Å²) in [7, 11) is 2.09. The van der Waals surface area contributed by atoms with Gasteiger partial charge in [-0.2, -0.15) is 0 Å². The van der Waals surface area contributed by atoms with Crippen molar-refractivity contribution in [3.8, 4) is 0 Å². The summed E-state index contributed by atoms with van der Waals surface area (Å²) in [4.78, 5) is 2.26. The van der Waals surface area contributed by atoms with Crippen molar-refractivity contribution in [1.29, 1.82) is 0 Å². The van der Waals surface area contributed by atoms with Crippen LogP contribution in [0.15, 0.2) is 0 Å². The van der Waals surface area contributed by atoms with E-state index in [1.807, 2.05) is 0 Å². The number of hydrogen-bond acceptors (Lipinski definition) is 2. The first-order chi connectivity index (χ1) is 4.74. The molecule has 0 aromatic rings. The number of likely N-dealkylation sites (N-methyl/N-ethyl adjacent to an activating group) is 1. The van der Waals surface area contributed by atoms with Crippen LogP contribution in [0.5, 0.6) is 0 Å². The van der Waals surface area contributed by atoms with Crippen LogP contribution >= 0.6 is 0 Å². The highest BCUT2D eigenvalue weighted by molar-refractivity contribution is 4.81. The predicted octanol–water partition coefficient (Wildman–Crippen LogP) is 0.851. The summed E-state index contributed by atoms with van der Waals surface area (Å²) in [5, 5.41) is 9.25. The zero-order valence-electron chi connectivity index (χ0n) is 6.88. The van der Waals surface area contributed by atoms with Gasteiger partial charge in [0.05, 0.1) is 6.10 Å². The van der Waals surface area contributed by atoms with Crippen LogP contribution in [-0.4, -0.2) is 35.7 Å². The van der Waals surface area contributed by atoms with E-state index in [0.717, 1.165) is 13.0 Å². The minimum Gasteiger partial charge on any atom is -0.392 e. The first-order valence-corrected chi connectivity index (χ1v) is 4.12. The molecule has 2 atom stereocenters. The Morgan fingerprint density at radius 2 is 2.30 bits per heavy atom. The highest BCUT2D eigenvalue weighted by Gasteiger charge is 2.26. The lowest BCUT2D eigenvalue weighted by Crippen LogP contribution is -2.24. The fraction of sp³-hybridized carbons (Fsp3) is 1.00. The highest BCUT2D eigenvalue weighted by atomic mass is 16.3. The van der Waals surface area contributed by atoms with E-state index in [4.69, 9.17) is 0 Å². The SMILES string of the molecule is CCC[C@@H]1CC(O)CN1C. The Hall–Kier alpha value is -0.0800. The Kier molecular flexibility index (Phi) is 2.69. The van der Waals surface area contributed by atoms with E-state index in [0.29, 0.717) is 6.04 Å². The molecule has 0 radical (unpaired) electrons. The van der Waals surface area contributed by atoms with Gasteiger partial charge in [-0.15, -0.1) is 0 Å². The fourth-order valence-electron chi connectivity index (χ4n) is 1.72. The van der Waals surface area contributed by atoms with Crippen molar-refractivity contribution in [3.05, 3.63) is 0 Å². The molecular formula is C8H17NO. The number of hydrogen-bond donors (Lipinski definition) is 1. The van der Waals surface area contributed by atoms with Crippen LogP contribution in [0.3, 0.4) is 0 Å². The van der Waals surface area contributed by atoms with Crippen molar-refractivity contribution >= 4 is 0 Å². The summed E-state index contributed by atoms with van der Waals surface area (Å²) in [5.74, 6) is 0. The number of β-amino-alcohol motifs (C(OH)–C–C–N with tert-alkyl or cyclic N) is 1. The van der Waals surface area contributed by atoms with Crippen LogP contribution in [0.2, 0.25) is 0 Å². The van der Waals surface area contributed by atoms with Gasteiger partial charge in [-0.1, -0.05) is 13.3 Å². The Morgan fingerprint density at radius 1 is 1.60 bits per heavy atom. The van der Waals surface area contributed by atoms with Crippen molar-refractivity contribution in [3.63, 3.8) is 0 Å². The quantitative estimate of drug-likeness (QED) is 0.619. The van der Waals surface area contributed by atoms with E-state index in [1.54, 1.807) is 0 Å². The van der Waals surface area contributed by atoms with Gasteiger partial charge in [0, 0.05) is 12.6 Å². The van der Waals surface area contributed by atoms with Gasteiger partial charge < -0.3 is 10.0 Å². The van der Waals surface area contributed by atoms with E-state index in [1.165, 1.54) is 12.8 Å². The Morgan fingerprint density at radius 3 is 2.70 bits per heavy atom. The average molecular weight is 143 g/mol. The molecule has 60 valence electrons. The summed E-state index contributed by atoms with van der Waals surface area (Å²) in [5.41, 5.74) is 0. The first-order valence-electron chi connectivity index (χ1n) is 4.12. The molecule has 0 aromatic carbocycles. The van der Waals surface area contributed by atoms with Gasteiger partial charge in [-0.05, 0) is 19.9 Å². The van der Waals surface area contributed by atoms with Crippen molar-refractivity contribution in [1.82, 2.24) is 4.90 Å². The molecule has 1 fully saturated rings. The van der Waals surface area contributed by atoms with Gasteiger partial charge in [0.1, 0.15) is 0 Å². The third-order valence-corrected chi connectivity index (χ3v) is 2.29. The lowest BCUT2D eigenvalue weighted by molar-refractivity contribution is 0.182. The molecule has 1 heterocycles. The fourth-order valence-corrected chi connectivity index (χ4v) is 1.72. The van der Waals surface area contributed by atoms with E-state index in [2.05, 4.69) is 18.9 Å². The minimum atomic E-state index is -0.0680. The molecule has 1 saturated heterocycles. The van der Waals surface area contributed by atoms with Crippen molar-refractivity contribution in [2.45, 2.75) is 38.3 Å². The van der Waals surface area contributed by atoms with Crippen LogP contribution in [-0.2, 0) is 0 Å². The van der Waals surface area contributed by atoms with Crippen LogP contribution in [0, 0.1) is 0 Å². The number of likely N-dealkylation sites (tertiary alicyclic amines) is 1. The summed E-state index contributed by atoms with van der Waals surface area (Å²) in [6, 6.07) is 0.639. The first kappa shape index (κ1) is 8.02. The zero-order chi connectivity index (χ0) is 7.56. The molecule has 2 heteroatoms. The van der Waals surface area contributed by atoms with Gasteiger partial charge in [-0.25, -0.2) is 0 Å². The molecule has 10 heavy (non-hydrogen) atoms. The number of aliphatic hydroxyl groups excluding tert-OH is 1. The van der Waals surface area contributed by atoms with Crippen LogP contribution in [0.1, 0.15) is 26.2 Å². The topological polar surface area (TPSA) is 23.5 Å². The molecule has 1 aliphatic rings. The molecule has 1 unspecified atom stereocenters. The largest absolute Gasteiger partial charge is 0.392 e. The third-order valence-electron chi connectivity index (χ3n) is 2.29. The second kappa shape index (κ2) is 3.35. The summed E-state index contributed by atoms with van der Waals surface area (Å²) in [6.45, 7) is 3.06. The molecule has 0 spiro atoms. The van der Waals surface area contributed by atoms with Gasteiger partial charge in [-0.3, -0.25) is 0 Å². The number of aliphatic hydroxyl groups is 1. The molecule has 0 aliphatic carbocycles. The lowest BCUT2D eigenvalue weighted by Gasteiger charge is -2.17. The van der Waals surface area contributed by atoms with Crippen molar-refractivity contribution in [2.75, 3.05) is 13.6 Å². The molecule has 2 nitrogen and oxygen atoms in total. The van der Waals surface area contributed by atoms with Crippen LogP contribution in [0.4, 0.5) is 0 Å². The molecular weight excluding hydrogens is 126 g/mol. The summed E-state index contributed by atoms with van der Waals surface area (Å²) in [6.07, 6.45) is 3.36. The standard InChI is InChI=1S/C8H17NO/c1-3-4-7-5-8(10)6-9(7)2/h7-8,10H,3-6H2,1-2H3/t7-,8?/m1/s1. The Labute approximate surface area is 62.8 Å². The van der Waals surface area contributed by atoms with Crippen molar-refractivity contribution in [2.24, 2.45) is 0 Å². The Bertz CT molecular complexity index is 105. The summed E-state index contributed by atoms with van der Waals surface area (Å²) < 4.78 is 0. The maximum absolute atomic E-state index is 9.25. The molecule has 0 saturated carbocycles. The molecule has 1 N–H and O–H groups in total. The minimum absolute atomic E-state index is 0.0680. The van der Waals surface area contributed by atoms with Crippen LogP contribution < -0.4 is 0 Å². The van der Waals surface area contributed by atoms with Gasteiger partial charge >= 0.3 is 0 Å². The summed E-state index contributed by atoms with van der Waals surface area (Å²) >= 11 is 0. The number of rotatable bonds is 2. The van der Waals surface area contributed by atoms with Gasteiger partial charge in [0.15, 0.2) is 0 Å². The highest BCUT2D eigenvalue weighted by Crippen LogP contribution is 2.19. The second-order valence-corrected chi connectivity index (χ2v) is 3.27. The maximum Gasteiger partial charge on any atom is 0.0682 e. The van der Waals surface area contributed by atoms with Gasteiger partial charge in [0.25, 0.3) is 0 Å². The number of nitrogens with zero attached hydrogens (tertiary/aromatic N) is 1. The molecule has 0 bridgehead atoms. The van der Waals surface area contributed by atoms with Crippen LogP contribution in [0.25, 0.3) is 0 Å². The molecule has 0 aromatic heterocycles. The van der Waals surface area contributed by atoms with E-state index < -0.39 is 0 Å². The smallest absolute Gasteiger partial charge is 0.0682 e. The average Bonchev–Trinajstić information content (AvgIpc) is 2.13. The van der Waals surface area contributed by atoms with E-state index in [9.17, 15) is 5.11 Å². The maximum atomic E-state index is 9.25. The zero-order valence-corrected chi connectivity index (χ0v) is 6.88. The molecule has 1 aliphatic heterocycles. The monoisotopic (exact) mass is 143 g/mol. The second-order valence-electron chi connectivity index (χ2n) is 3.27. The van der Waals surface area contributed by atoms with Crippen molar-refractivity contribution < 1.29 is 5.11 Å². The molecule has 0 amide bonds. The Balaban J connectivity index is 2.31. The lowest BCUT2D eigenvalue weighted by atomic mass is 10.1. The van der Waals surface area contributed by atoms with E-state index in [-0.39, 0.29) is 6.10 Å². The molecule has 1 rings (SSSR count). The van der Waals surface area contributed by atoms with E-state index >= 15 is 0 Å². The normalized spacial score (nSPS) is 35.1. The predicted molar refractivity (Wildman–Crippen MR) is 41.9 cm³/mol. The third kappa shape index (κ3) is 1.70.